The minimum atomic E-state index is -1.85. The van der Waals surface area contributed by atoms with Crippen molar-refractivity contribution in [1.82, 2.24) is 0 Å². The largest absolute Gasteiger partial charge is 0.543 e. The van der Waals surface area contributed by atoms with Gasteiger partial charge < -0.3 is 4.43 Å². The van der Waals surface area contributed by atoms with Crippen molar-refractivity contribution in [3.05, 3.63) is 29.8 Å². The van der Waals surface area contributed by atoms with Crippen molar-refractivity contribution in [3.63, 3.8) is 0 Å². The topological polar surface area (TPSA) is 26.3 Å². The minimum absolute atomic E-state index is 0.150. The van der Waals surface area contributed by atoms with Gasteiger partial charge in [-0.05, 0) is 73.3 Å². The fourth-order valence-corrected chi connectivity index (χ4v) is 6.20. The molecule has 0 aromatic heterocycles. The Morgan fingerprint density at radius 1 is 1.24 bits per heavy atom. The van der Waals surface area contributed by atoms with Crippen LogP contribution in [0.1, 0.15) is 72.3 Å². The van der Waals surface area contributed by atoms with Gasteiger partial charge in [0.1, 0.15) is 11.5 Å². The highest BCUT2D eigenvalue weighted by molar-refractivity contribution is 6.74. The lowest BCUT2D eigenvalue weighted by molar-refractivity contribution is -0.129. The van der Waals surface area contributed by atoms with Crippen molar-refractivity contribution >= 4 is 14.1 Å². The molecule has 4 atom stereocenters. The molecule has 2 fully saturated rings. The van der Waals surface area contributed by atoms with E-state index in [2.05, 4.69) is 71.7 Å². The summed E-state index contributed by atoms with van der Waals surface area (Å²) in [7, 11) is -1.85. The summed E-state index contributed by atoms with van der Waals surface area (Å²) in [6, 6.07) is 8.25. The van der Waals surface area contributed by atoms with Gasteiger partial charge in [-0.3, -0.25) is 4.79 Å². The van der Waals surface area contributed by atoms with E-state index in [4.69, 9.17) is 4.43 Å². The van der Waals surface area contributed by atoms with Crippen LogP contribution in [-0.2, 0) is 4.79 Å². The Labute approximate surface area is 178 Å². The van der Waals surface area contributed by atoms with Gasteiger partial charge in [0.25, 0.3) is 0 Å². The van der Waals surface area contributed by atoms with Crippen LogP contribution in [0.25, 0.3) is 0 Å². The summed E-state index contributed by atoms with van der Waals surface area (Å²) in [5.74, 6) is 9.47. The van der Waals surface area contributed by atoms with Gasteiger partial charge in [-0.25, -0.2) is 0 Å². The Kier molecular flexibility index (Phi) is 6.07. The summed E-state index contributed by atoms with van der Waals surface area (Å²) in [5, 5.41) is 0.176. The second-order valence-corrected chi connectivity index (χ2v) is 15.7. The monoisotopic (exact) mass is 410 g/mol. The van der Waals surface area contributed by atoms with Crippen molar-refractivity contribution in [1.29, 1.82) is 0 Å². The molecule has 0 amide bonds. The van der Waals surface area contributed by atoms with Crippen LogP contribution in [0.3, 0.4) is 0 Å². The number of carbonyl (C=O) groups excluding carboxylic acids is 1. The van der Waals surface area contributed by atoms with Crippen LogP contribution in [0.2, 0.25) is 18.1 Å². The molecule has 0 heterocycles. The van der Waals surface area contributed by atoms with Crippen LogP contribution >= 0.6 is 0 Å². The fourth-order valence-electron chi connectivity index (χ4n) is 5.17. The molecular formula is C26H38O2Si. The highest BCUT2D eigenvalue weighted by atomic mass is 28.4. The SMILES string of the molecule is C[C@@H](C#Cc1cccc(O[Si](C)(C)C(C)(C)C)c1)[C@H]1CC[C@H]2C(=O)CCC[C@]12C. The molecule has 2 aliphatic rings. The molecule has 158 valence electrons. The predicted octanol–water partition coefficient (Wildman–Crippen LogP) is 6.84. The molecule has 29 heavy (non-hydrogen) atoms. The quantitative estimate of drug-likeness (QED) is 0.402. The molecular weight excluding hydrogens is 372 g/mol. The van der Waals surface area contributed by atoms with Crippen molar-refractivity contribution in [3.8, 4) is 17.6 Å². The second-order valence-electron chi connectivity index (χ2n) is 11.0. The molecule has 1 aromatic carbocycles. The number of hydrogen-bond donors (Lipinski definition) is 0. The third-order valence-electron chi connectivity index (χ3n) is 8.00. The van der Waals surface area contributed by atoms with Crippen molar-refractivity contribution in [2.45, 2.75) is 84.9 Å². The van der Waals surface area contributed by atoms with Gasteiger partial charge in [0.15, 0.2) is 0 Å². The summed E-state index contributed by atoms with van der Waals surface area (Å²) >= 11 is 0. The number of benzene rings is 1. The first-order valence-electron chi connectivity index (χ1n) is 11.3. The van der Waals surface area contributed by atoms with Crippen LogP contribution in [0.4, 0.5) is 0 Å². The summed E-state index contributed by atoms with van der Waals surface area (Å²) in [6.45, 7) is 15.9. The highest BCUT2D eigenvalue weighted by Gasteiger charge is 2.52. The van der Waals surface area contributed by atoms with Crippen LogP contribution in [0.15, 0.2) is 24.3 Å². The molecule has 0 N–H and O–H groups in total. The van der Waals surface area contributed by atoms with Gasteiger partial charge in [0, 0.05) is 23.8 Å². The first-order chi connectivity index (χ1) is 13.4. The van der Waals surface area contributed by atoms with Crippen molar-refractivity contribution in [2.75, 3.05) is 0 Å². The molecule has 0 bridgehead atoms. The van der Waals surface area contributed by atoms with Gasteiger partial charge >= 0.3 is 0 Å². The summed E-state index contributed by atoms with van der Waals surface area (Å²) in [4.78, 5) is 12.4. The lowest BCUT2D eigenvalue weighted by Crippen LogP contribution is -2.43. The molecule has 0 aliphatic heterocycles. The first-order valence-corrected chi connectivity index (χ1v) is 14.2. The maximum absolute atomic E-state index is 12.4. The van der Waals surface area contributed by atoms with E-state index in [-0.39, 0.29) is 16.4 Å². The van der Waals surface area contributed by atoms with Gasteiger partial charge in [-0.2, -0.15) is 0 Å². The van der Waals surface area contributed by atoms with E-state index in [1.165, 1.54) is 6.42 Å². The predicted molar refractivity (Wildman–Crippen MR) is 123 cm³/mol. The molecule has 3 rings (SSSR count). The first kappa shape index (κ1) is 22.2. The normalized spacial score (nSPS) is 28.3. The third-order valence-corrected chi connectivity index (χ3v) is 12.4. The number of carbonyl (C=O) groups is 1. The number of fused-ring (bicyclic) bond motifs is 1. The van der Waals surface area contributed by atoms with E-state index in [1.807, 2.05) is 12.1 Å². The Balaban J connectivity index is 1.74. The number of hydrogen-bond acceptors (Lipinski definition) is 2. The van der Waals surface area contributed by atoms with Crippen LogP contribution < -0.4 is 4.43 Å². The lowest BCUT2D eigenvalue weighted by atomic mass is 9.62. The zero-order valence-electron chi connectivity index (χ0n) is 19.4. The van der Waals surface area contributed by atoms with Crippen molar-refractivity contribution in [2.24, 2.45) is 23.2 Å². The molecule has 0 spiro atoms. The van der Waals surface area contributed by atoms with E-state index in [9.17, 15) is 4.79 Å². The van der Waals surface area contributed by atoms with E-state index in [0.29, 0.717) is 17.6 Å². The molecule has 0 radical (unpaired) electrons. The molecule has 2 nitrogen and oxygen atoms in total. The zero-order chi connectivity index (χ0) is 21.4. The average molecular weight is 411 g/mol. The fraction of sp³-hybridized carbons (Fsp3) is 0.654. The van der Waals surface area contributed by atoms with Crippen LogP contribution in [0.5, 0.6) is 5.75 Å². The van der Waals surface area contributed by atoms with Crippen LogP contribution in [-0.4, -0.2) is 14.1 Å². The Morgan fingerprint density at radius 3 is 2.66 bits per heavy atom. The highest BCUT2D eigenvalue weighted by Crippen LogP contribution is 2.56. The maximum atomic E-state index is 12.4. The molecule has 2 aliphatic carbocycles. The Bertz CT molecular complexity index is 823. The van der Waals surface area contributed by atoms with E-state index in [0.717, 1.165) is 37.0 Å². The van der Waals surface area contributed by atoms with Gasteiger partial charge in [0.2, 0.25) is 8.32 Å². The molecule has 0 unspecified atom stereocenters. The smallest absolute Gasteiger partial charge is 0.250 e. The van der Waals surface area contributed by atoms with E-state index in [1.54, 1.807) is 0 Å². The molecule has 2 saturated carbocycles. The van der Waals surface area contributed by atoms with Crippen molar-refractivity contribution < 1.29 is 9.22 Å². The molecule has 0 saturated heterocycles. The lowest BCUT2D eigenvalue weighted by Gasteiger charge is -2.41. The molecule has 1 aromatic rings. The second kappa shape index (κ2) is 7.95. The summed E-state index contributed by atoms with van der Waals surface area (Å²) in [5.41, 5.74) is 1.17. The summed E-state index contributed by atoms with van der Waals surface area (Å²) < 4.78 is 6.45. The maximum Gasteiger partial charge on any atom is 0.250 e. The third kappa shape index (κ3) is 4.48. The zero-order valence-corrected chi connectivity index (χ0v) is 20.4. The Hall–Kier alpha value is -1.53. The number of Topliss-reactive ketones (excluding diaryl/α,β-unsaturated/α-hetero) is 1. The number of rotatable bonds is 3. The average Bonchev–Trinajstić information content (AvgIpc) is 2.97. The van der Waals surface area contributed by atoms with Gasteiger partial charge in [-0.15, -0.1) is 0 Å². The number of ketones is 1. The molecule has 3 heteroatoms. The van der Waals surface area contributed by atoms with Gasteiger partial charge in [0.05, 0.1) is 0 Å². The van der Waals surface area contributed by atoms with Gasteiger partial charge in [-0.1, -0.05) is 52.5 Å². The minimum Gasteiger partial charge on any atom is -0.543 e. The Morgan fingerprint density at radius 2 is 1.97 bits per heavy atom. The van der Waals surface area contributed by atoms with E-state index < -0.39 is 8.32 Å². The van der Waals surface area contributed by atoms with Crippen LogP contribution in [0, 0.1) is 35.0 Å². The standard InChI is InChI=1S/C26H38O2Si/c1-19(22-15-16-23-24(27)12-9-17-26(22,23)5)13-14-20-10-8-11-21(18-20)28-29(6,7)25(2,3)4/h8,10-11,18-19,22-23H,9,12,15-17H2,1-7H3/t19-,22+,23-,26+/m0/s1. The van der Waals surface area contributed by atoms with E-state index >= 15 is 0 Å². The summed E-state index contributed by atoms with van der Waals surface area (Å²) in [6.07, 6.45) is 5.21.